The van der Waals surface area contributed by atoms with Crippen LogP contribution < -0.4 is 16.4 Å². The molecular weight excluding hydrogens is 432 g/mol. The van der Waals surface area contributed by atoms with Crippen molar-refractivity contribution in [3.8, 4) is 0 Å². The van der Waals surface area contributed by atoms with Gasteiger partial charge in [-0.05, 0) is 45.4 Å². The highest BCUT2D eigenvalue weighted by molar-refractivity contribution is 6.38. The number of amides is 3. The van der Waals surface area contributed by atoms with Crippen molar-refractivity contribution in [3.05, 3.63) is 11.6 Å². The molecule has 34 heavy (non-hydrogen) atoms. The number of fused-ring (bicyclic) bond motifs is 1. The van der Waals surface area contributed by atoms with Gasteiger partial charge >= 0.3 is 0 Å². The molecule has 2 fully saturated rings. The zero-order valence-electron chi connectivity index (χ0n) is 21.2. The average Bonchev–Trinajstić information content (AvgIpc) is 3.21. The lowest BCUT2D eigenvalue weighted by molar-refractivity contribution is -0.142. The van der Waals surface area contributed by atoms with Crippen LogP contribution in [-0.2, 0) is 19.2 Å². The van der Waals surface area contributed by atoms with Crippen LogP contribution in [0.2, 0.25) is 0 Å². The van der Waals surface area contributed by atoms with Crippen LogP contribution in [0.5, 0.6) is 0 Å². The monoisotopic (exact) mass is 476 g/mol. The van der Waals surface area contributed by atoms with E-state index in [9.17, 15) is 19.2 Å². The smallest absolute Gasteiger partial charge is 0.289 e. The van der Waals surface area contributed by atoms with E-state index in [4.69, 9.17) is 5.73 Å². The van der Waals surface area contributed by atoms with E-state index in [2.05, 4.69) is 16.7 Å². The topological polar surface area (TPSA) is 122 Å². The Morgan fingerprint density at radius 1 is 1.06 bits per heavy atom. The minimum atomic E-state index is -0.884. The van der Waals surface area contributed by atoms with Crippen LogP contribution in [0, 0.1) is 5.92 Å². The third-order valence-corrected chi connectivity index (χ3v) is 6.71. The standard InChI is InChI=1S/C26H44N4O4/c1-4-14-28-25(33)23(31)21-13-11-9-7-5-6-8-10-12-20(27)26(34)30-17-19(15-18(2)3)16-22(30)24(32)29-21/h15,19-22H,4-14,16-17,27H2,1-3H3,(H,28,33)(H,29,32)/t19-,20+,21+,22+/m1/s1. The minimum Gasteiger partial charge on any atom is -0.349 e. The SMILES string of the molecule is CCCNC(=O)C(=O)[C@@H]1CCCCCCCCC[C@H](N)C(=O)N2C[C@H](C=C(C)C)C[C@H]2C(=O)N1. The summed E-state index contributed by atoms with van der Waals surface area (Å²) in [5.74, 6) is -1.80. The Balaban J connectivity index is 2.25. The number of carbonyl (C=O) groups is 4. The lowest BCUT2D eigenvalue weighted by atomic mass is 9.99. The van der Waals surface area contributed by atoms with Gasteiger partial charge in [-0.15, -0.1) is 0 Å². The highest BCUT2D eigenvalue weighted by Crippen LogP contribution is 2.27. The zero-order valence-corrected chi connectivity index (χ0v) is 21.2. The van der Waals surface area contributed by atoms with Gasteiger partial charge in [0, 0.05) is 13.1 Å². The van der Waals surface area contributed by atoms with Crippen LogP contribution >= 0.6 is 0 Å². The molecule has 0 aromatic heterocycles. The Morgan fingerprint density at radius 3 is 2.29 bits per heavy atom. The number of allylic oxidation sites excluding steroid dienone is 1. The molecule has 3 amide bonds. The maximum absolute atomic E-state index is 13.4. The number of Topliss-reactive ketones (excluding diaryl/α,β-unsaturated/α-hetero) is 1. The highest BCUT2D eigenvalue weighted by atomic mass is 16.2. The van der Waals surface area contributed by atoms with Crippen molar-refractivity contribution in [1.29, 1.82) is 0 Å². The van der Waals surface area contributed by atoms with Crippen molar-refractivity contribution >= 4 is 23.5 Å². The Kier molecular flexibility index (Phi) is 11.7. The molecule has 4 N–H and O–H groups in total. The molecule has 2 rings (SSSR count). The first kappa shape index (κ1) is 28.0. The quantitative estimate of drug-likeness (QED) is 0.416. The predicted octanol–water partition coefficient (Wildman–Crippen LogP) is 2.60. The Hall–Kier alpha value is -2.22. The Morgan fingerprint density at radius 2 is 1.68 bits per heavy atom. The molecule has 8 nitrogen and oxygen atoms in total. The maximum Gasteiger partial charge on any atom is 0.289 e. The highest BCUT2D eigenvalue weighted by Gasteiger charge is 2.41. The second-order valence-corrected chi connectivity index (χ2v) is 10.1. The molecule has 8 heteroatoms. The van der Waals surface area contributed by atoms with Gasteiger partial charge in [0.2, 0.25) is 17.6 Å². The molecule has 2 aliphatic rings. The van der Waals surface area contributed by atoms with E-state index < -0.39 is 29.8 Å². The Bertz CT molecular complexity index is 747. The van der Waals surface area contributed by atoms with E-state index in [0.717, 1.165) is 56.9 Å². The second-order valence-electron chi connectivity index (χ2n) is 10.1. The first-order valence-electron chi connectivity index (χ1n) is 13.1. The van der Waals surface area contributed by atoms with Gasteiger partial charge < -0.3 is 21.3 Å². The average molecular weight is 477 g/mol. The Labute approximate surface area is 204 Å². The van der Waals surface area contributed by atoms with Crippen molar-refractivity contribution in [2.45, 2.75) is 110 Å². The van der Waals surface area contributed by atoms with Gasteiger partial charge in [-0.3, -0.25) is 19.2 Å². The lowest BCUT2D eigenvalue weighted by Gasteiger charge is -2.28. The number of nitrogens with zero attached hydrogens (tertiary/aromatic N) is 1. The third kappa shape index (κ3) is 8.53. The molecule has 0 saturated carbocycles. The second kappa shape index (κ2) is 14.2. The van der Waals surface area contributed by atoms with Crippen LogP contribution in [0.4, 0.5) is 0 Å². The van der Waals surface area contributed by atoms with E-state index in [1.54, 1.807) is 4.90 Å². The zero-order chi connectivity index (χ0) is 25.1. The van der Waals surface area contributed by atoms with Gasteiger partial charge in [0.25, 0.3) is 5.91 Å². The number of rotatable bonds is 5. The molecule has 192 valence electrons. The first-order chi connectivity index (χ1) is 16.2. The van der Waals surface area contributed by atoms with Crippen molar-refractivity contribution in [2.75, 3.05) is 13.1 Å². The summed E-state index contributed by atoms with van der Waals surface area (Å²) < 4.78 is 0. The molecule has 0 bridgehead atoms. The molecular formula is C26H44N4O4. The van der Waals surface area contributed by atoms with Crippen LogP contribution in [-0.4, -0.2) is 59.6 Å². The van der Waals surface area contributed by atoms with E-state index in [-0.39, 0.29) is 17.7 Å². The van der Waals surface area contributed by atoms with Gasteiger partial charge in [-0.1, -0.05) is 63.5 Å². The van der Waals surface area contributed by atoms with Gasteiger partial charge in [0.1, 0.15) is 6.04 Å². The number of hydrogen-bond acceptors (Lipinski definition) is 5. The molecule has 4 atom stereocenters. The maximum atomic E-state index is 13.4. The molecule has 0 radical (unpaired) electrons. The number of hydrogen-bond donors (Lipinski definition) is 3. The third-order valence-electron chi connectivity index (χ3n) is 6.71. The normalized spacial score (nSPS) is 27.5. The van der Waals surface area contributed by atoms with E-state index in [1.807, 2.05) is 20.8 Å². The predicted molar refractivity (Wildman–Crippen MR) is 133 cm³/mol. The molecule has 2 heterocycles. The van der Waals surface area contributed by atoms with Crippen molar-refractivity contribution < 1.29 is 19.2 Å². The van der Waals surface area contributed by atoms with Crippen LogP contribution in [0.15, 0.2) is 11.6 Å². The van der Waals surface area contributed by atoms with Crippen molar-refractivity contribution in [1.82, 2.24) is 15.5 Å². The van der Waals surface area contributed by atoms with Crippen molar-refractivity contribution in [3.63, 3.8) is 0 Å². The molecule has 0 aliphatic carbocycles. The van der Waals surface area contributed by atoms with Gasteiger partial charge in [0.05, 0.1) is 12.1 Å². The fourth-order valence-corrected chi connectivity index (χ4v) is 4.91. The molecule has 0 spiro atoms. The number of ketones is 1. The minimum absolute atomic E-state index is 0.0565. The molecule has 0 unspecified atom stereocenters. The van der Waals surface area contributed by atoms with Gasteiger partial charge in [-0.25, -0.2) is 0 Å². The summed E-state index contributed by atoms with van der Waals surface area (Å²) in [5, 5.41) is 5.46. The van der Waals surface area contributed by atoms with Crippen LogP contribution in [0.1, 0.15) is 91.4 Å². The number of carbonyl (C=O) groups excluding carboxylic acids is 4. The summed E-state index contributed by atoms with van der Waals surface area (Å²) in [6.07, 6.45) is 11.2. The molecule has 2 aliphatic heterocycles. The van der Waals surface area contributed by atoms with Crippen molar-refractivity contribution in [2.24, 2.45) is 11.7 Å². The van der Waals surface area contributed by atoms with E-state index in [1.165, 1.54) is 0 Å². The molecule has 0 aromatic carbocycles. The summed E-state index contributed by atoms with van der Waals surface area (Å²) >= 11 is 0. The lowest BCUT2D eigenvalue weighted by Crippen LogP contribution is -2.55. The van der Waals surface area contributed by atoms with Crippen LogP contribution in [0.25, 0.3) is 0 Å². The number of nitrogens with one attached hydrogen (secondary N) is 2. The van der Waals surface area contributed by atoms with Gasteiger partial charge in [-0.2, -0.15) is 0 Å². The fraction of sp³-hybridized carbons (Fsp3) is 0.769. The largest absolute Gasteiger partial charge is 0.349 e. The summed E-state index contributed by atoms with van der Waals surface area (Å²) in [7, 11) is 0. The summed E-state index contributed by atoms with van der Waals surface area (Å²) in [6.45, 7) is 6.76. The van der Waals surface area contributed by atoms with E-state index in [0.29, 0.717) is 32.4 Å². The molecule has 2 saturated heterocycles. The fourth-order valence-electron chi connectivity index (χ4n) is 4.91. The number of nitrogens with two attached hydrogens (primary N) is 1. The molecule has 0 aromatic rings. The summed E-state index contributed by atoms with van der Waals surface area (Å²) in [5.41, 5.74) is 7.38. The summed E-state index contributed by atoms with van der Waals surface area (Å²) in [6, 6.07) is -2.21. The van der Waals surface area contributed by atoms with Gasteiger partial charge in [0.15, 0.2) is 0 Å². The summed E-state index contributed by atoms with van der Waals surface area (Å²) in [4.78, 5) is 53.4. The van der Waals surface area contributed by atoms with Crippen LogP contribution in [0.3, 0.4) is 0 Å². The first-order valence-corrected chi connectivity index (χ1v) is 13.1. The van der Waals surface area contributed by atoms with E-state index >= 15 is 0 Å².